The Morgan fingerprint density at radius 1 is 1.77 bits per heavy atom. The van der Waals surface area contributed by atoms with Crippen molar-refractivity contribution in [3.05, 3.63) is 18.0 Å². The zero-order valence-electron chi connectivity index (χ0n) is 7.23. The highest BCUT2D eigenvalue weighted by molar-refractivity contribution is 5.92. The maximum absolute atomic E-state index is 10.7. The van der Waals surface area contributed by atoms with Crippen LogP contribution in [0.3, 0.4) is 0 Å². The number of unbranched alkanes of at least 4 members (excludes halogenated alkanes) is 1. The largest absolute Gasteiger partial charge is 0.366 e. The predicted octanol–water partition coefficient (Wildman–Crippen LogP) is 0.395. The van der Waals surface area contributed by atoms with Crippen LogP contribution in [0.15, 0.2) is 12.4 Å². The average Bonchev–Trinajstić information content (AvgIpc) is 2.53. The van der Waals surface area contributed by atoms with Gasteiger partial charge in [0.25, 0.3) is 5.91 Å². The number of nitrogens with zero attached hydrogens (tertiary/aromatic N) is 2. The summed E-state index contributed by atoms with van der Waals surface area (Å²) in [6.45, 7) is 0.720. The number of terminal acetylenes is 1. The molecule has 0 bridgehead atoms. The molecule has 4 heteroatoms. The van der Waals surface area contributed by atoms with Crippen molar-refractivity contribution < 1.29 is 4.79 Å². The molecule has 1 aromatic heterocycles. The molecule has 0 aromatic carbocycles. The number of hydrogen-bond acceptors (Lipinski definition) is 2. The first-order chi connectivity index (χ1) is 6.24. The van der Waals surface area contributed by atoms with Crippen LogP contribution in [0.1, 0.15) is 23.2 Å². The number of aromatic nitrogens is 2. The molecule has 1 heterocycles. The number of rotatable bonds is 4. The third-order valence-electron chi connectivity index (χ3n) is 1.63. The molecule has 1 amide bonds. The number of hydrogen-bond donors (Lipinski definition) is 1. The molecule has 2 N–H and O–H groups in total. The van der Waals surface area contributed by atoms with Crippen molar-refractivity contribution in [1.29, 1.82) is 0 Å². The Bertz CT molecular complexity index is 335. The van der Waals surface area contributed by atoms with E-state index in [1.165, 1.54) is 6.20 Å². The van der Waals surface area contributed by atoms with Crippen molar-refractivity contribution >= 4 is 5.91 Å². The molecule has 1 rings (SSSR count). The van der Waals surface area contributed by atoms with E-state index in [0.29, 0.717) is 12.0 Å². The fourth-order valence-corrected chi connectivity index (χ4v) is 0.956. The van der Waals surface area contributed by atoms with Crippen LogP contribution in [-0.2, 0) is 6.54 Å². The second-order valence-electron chi connectivity index (χ2n) is 2.66. The summed E-state index contributed by atoms with van der Waals surface area (Å²) in [6, 6.07) is 0. The molecule has 0 saturated heterocycles. The monoisotopic (exact) mass is 177 g/mol. The molecule has 4 nitrogen and oxygen atoms in total. The van der Waals surface area contributed by atoms with Crippen LogP contribution in [0, 0.1) is 12.3 Å². The third kappa shape index (κ3) is 2.64. The lowest BCUT2D eigenvalue weighted by molar-refractivity contribution is 0.1000. The van der Waals surface area contributed by atoms with Gasteiger partial charge in [-0.1, -0.05) is 0 Å². The Kier molecular flexibility index (Phi) is 3.09. The summed E-state index contributed by atoms with van der Waals surface area (Å²) in [4.78, 5) is 10.7. The lowest BCUT2D eigenvalue weighted by atomic mass is 10.3. The van der Waals surface area contributed by atoms with Crippen LogP contribution < -0.4 is 5.73 Å². The fraction of sp³-hybridized carbons (Fsp3) is 0.333. The molecule has 68 valence electrons. The number of aryl methyl sites for hydroxylation is 1. The van der Waals surface area contributed by atoms with Crippen molar-refractivity contribution in [3.63, 3.8) is 0 Å². The van der Waals surface area contributed by atoms with Gasteiger partial charge in [-0.3, -0.25) is 9.48 Å². The maximum Gasteiger partial charge on any atom is 0.251 e. The Hall–Kier alpha value is -1.76. The topological polar surface area (TPSA) is 60.9 Å². The van der Waals surface area contributed by atoms with E-state index in [-0.39, 0.29) is 0 Å². The fourth-order valence-electron chi connectivity index (χ4n) is 0.956. The number of carbonyl (C=O) groups excluding carboxylic acids is 1. The van der Waals surface area contributed by atoms with E-state index in [9.17, 15) is 4.79 Å². The molecule has 0 spiro atoms. The van der Waals surface area contributed by atoms with Crippen LogP contribution in [0.25, 0.3) is 0 Å². The first kappa shape index (κ1) is 9.33. The Labute approximate surface area is 76.7 Å². The predicted molar refractivity (Wildman–Crippen MR) is 48.8 cm³/mol. The Balaban J connectivity index is 2.50. The van der Waals surface area contributed by atoms with Crippen molar-refractivity contribution in [2.45, 2.75) is 19.4 Å². The highest BCUT2D eigenvalue weighted by Crippen LogP contribution is 1.98. The summed E-state index contributed by atoms with van der Waals surface area (Å²) in [5.74, 6) is 2.08. The van der Waals surface area contributed by atoms with Gasteiger partial charge in [0.1, 0.15) is 0 Å². The molecule has 0 saturated carbocycles. The second kappa shape index (κ2) is 4.31. The Morgan fingerprint density at radius 3 is 3.08 bits per heavy atom. The van der Waals surface area contributed by atoms with Gasteiger partial charge in [0.2, 0.25) is 0 Å². The molecule has 0 fully saturated rings. The number of primary amides is 1. The molecule has 0 unspecified atom stereocenters. The van der Waals surface area contributed by atoms with Crippen LogP contribution in [0.2, 0.25) is 0 Å². The molecule has 0 aliphatic rings. The zero-order chi connectivity index (χ0) is 9.68. The van der Waals surface area contributed by atoms with Crippen molar-refractivity contribution in [2.75, 3.05) is 0 Å². The minimum Gasteiger partial charge on any atom is -0.366 e. The number of carbonyl (C=O) groups is 1. The van der Waals surface area contributed by atoms with E-state index in [0.717, 1.165) is 13.0 Å². The summed E-state index contributed by atoms with van der Waals surface area (Å²) in [5, 5.41) is 3.96. The lowest BCUT2D eigenvalue weighted by Gasteiger charge is -1.96. The highest BCUT2D eigenvalue weighted by Gasteiger charge is 2.02. The molecular weight excluding hydrogens is 166 g/mol. The summed E-state index contributed by atoms with van der Waals surface area (Å²) < 4.78 is 1.66. The van der Waals surface area contributed by atoms with E-state index in [4.69, 9.17) is 12.2 Å². The summed E-state index contributed by atoms with van der Waals surface area (Å²) in [7, 11) is 0. The highest BCUT2D eigenvalue weighted by atomic mass is 16.1. The molecule has 13 heavy (non-hydrogen) atoms. The molecule has 0 radical (unpaired) electrons. The van der Waals surface area contributed by atoms with Gasteiger partial charge in [-0.25, -0.2) is 0 Å². The third-order valence-corrected chi connectivity index (χ3v) is 1.63. The molecule has 0 aliphatic carbocycles. The van der Waals surface area contributed by atoms with E-state index < -0.39 is 5.91 Å². The van der Waals surface area contributed by atoms with Crippen LogP contribution >= 0.6 is 0 Å². The van der Waals surface area contributed by atoms with E-state index in [2.05, 4.69) is 11.0 Å². The van der Waals surface area contributed by atoms with Gasteiger partial charge in [-0.2, -0.15) is 5.10 Å². The minimum absolute atomic E-state index is 0.431. The molecule has 0 atom stereocenters. The first-order valence-corrected chi connectivity index (χ1v) is 4.00. The standard InChI is InChI=1S/C9H11N3O/c1-2-3-4-5-12-7-8(6-11-12)9(10)13/h1,6-7H,3-5H2,(H2,10,13). The van der Waals surface area contributed by atoms with Gasteiger partial charge < -0.3 is 5.73 Å². The van der Waals surface area contributed by atoms with E-state index in [1.807, 2.05) is 0 Å². The number of nitrogens with two attached hydrogens (primary N) is 1. The van der Waals surface area contributed by atoms with Gasteiger partial charge in [0.05, 0.1) is 11.8 Å². The van der Waals surface area contributed by atoms with Gasteiger partial charge in [-0.05, 0) is 6.42 Å². The smallest absolute Gasteiger partial charge is 0.251 e. The minimum atomic E-state index is -0.455. The van der Waals surface area contributed by atoms with Crippen LogP contribution in [-0.4, -0.2) is 15.7 Å². The normalized spacial score (nSPS) is 9.46. The Morgan fingerprint density at radius 2 is 2.54 bits per heavy atom. The van der Waals surface area contributed by atoms with Crippen molar-refractivity contribution in [1.82, 2.24) is 9.78 Å². The molecule has 1 aromatic rings. The summed E-state index contributed by atoms with van der Waals surface area (Å²) >= 11 is 0. The first-order valence-electron chi connectivity index (χ1n) is 4.00. The van der Waals surface area contributed by atoms with Gasteiger partial charge >= 0.3 is 0 Å². The summed E-state index contributed by atoms with van der Waals surface area (Å²) in [6.07, 6.45) is 9.74. The van der Waals surface area contributed by atoms with Gasteiger partial charge in [0.15, 0.2) is 0 Å². The maximum atomic E-state index is 10.7. The van der Waals surface area contributed by atoms with Crippen molar-refractivity contribution in [3.8, 4) is 12.3 Å². The van der Waals surface area contributed by atoms with Crippen LogP contribution in [0.4, 0.5) is 0 Å². The zero-order valence-corrected chi connectivity index (χ0v) is 7.23. The van der Waals surface area contributed by atoms with Gasteiger partial charge in [-0.15, -0.1) is 12.3 Å². The van der Waals surface area contributed by atoms with Crippen molar-refractivity contribution in [2.24, 2.45) is 5.73 Å². The quantitative estimate of drug-likeness (QED) is 0.534. The lowest BCUT2D eigenvalue weighted by Crippen LogP contribution is -2.09. The van der Waals surface area contributed by atoms with E-state index in [1.54, 1.807) is 10.9 Å². The molecular formula is C9H11N3O. The second-order valence-corrected chi connectivity index (χ2v) is 2.66. The van der Waals surface area contributed by atoms with Crippen LogP contribution in [0.5, 0.6) is 0 Å². The van der Waals surface area contributed by atoms with E-state index >= 15 is 0 Å². The molecule has 0 aliphatic heterocycles. The summed E-state index contributed by atoms with van der Waals surface area (Å²) in [5.41, 5.74) is 5.49. The number of amides is 1. The van der Waals surface area contributed by atoms with Gasteiger partial charge in [0, 0.05) is 19.2 Å². The SMILES string of the molecule is C#CCCCn1cc(C(N)=O)cn1. The average molecular weight is 177 g/mol.